The van der Waals surface area contributed by atoms with Gasteiger partial charge in [-0.1, -0.05) is 0 Å². The number of sulfonamides is 1. The van der Waals surface area contributed by atoms with Gasteiger partial charge >= 0.3 is 5.97 Å². The lowest BCUT2D eigenvalue weighted by Crippen LogP contribution is -2.40. The van der Waals surface area contributed by atoms with Gasteiger partial charge in [-0.2, -0.15) is 9.40 Å². The highest BCUT2D eigenvalue weighted by Gasteiger charge is 2.39. The molecule has 88 valence electrons. The van der Waals surface area contributed by atoms with Crippen LogP contribution in [0.5, 0.6) is 0 Å². The second-order valence-electron chi connectivity index (χ2n) is 3.55. The van der Waals surface area contributed by atoms with Gasteiger partial charge in [0, 0.05) is 12.7 Å². The Bertz CT molecular complexity index is 481. The molecule has 7 nitrogen and oxygen atoms in total. The molecule has 0 bridgehead atoms. The number of hydrogen-bond donors (Lipinski definition) is 2. The smallest absolute Gasteiger partial charge is 0.322 e. The predicted octanol–water partition coefficient (Wildman–Crippen LogP) is -0.353. The van der Waals surface area contributed by atoms with E-state index in [1.807, 2.05) is 0 Å². The van der Waals surface area contributed by atoms with Crippen molar-refractivity contribution in [3.63, 3.8) is 0 Å². The first-order valence-electron chi connectivity index (χ1n) is 4.77. The van der Waals surface area contributed by atoms with Crippen LogP contribution in [-0.4, -0.2) is 46.6 Å². The number of nitrogens with one attached hydrogen (secondary N) is 1. The number of aromatic amines is 1. The Morgan fingerprint density at radius 2 is 2.38 bits per heavy atom. The SMILES string of the molecule is O=C(O)[C@@H]1CCCN1S(=O)(=O)c1cn[nH]c1. The number of H-pyrrole nitrogens is 1. The van der Waals surface area contributed by atoms with Crippen LogP contribution < -0.4 is 0 Å². The molecule has 1 aromatic heterocycles. The summed E-state index contributed by atoms with van der Waals surface area (Å²) in [6.07, 6.45) is 3.33. The molecule has 0 aromatic carbocycles. The van der Waals surface area contributed by atoms with Crippen molar-refractivity contribution in [3.8, 4) is 0 Å². The summed E-state index contributed by atoms with van der Waals surface area (Å²) in [6, 6.07) is -0.958. The van der Waals surface area contributed by atoms with E-state index < -0.39 is 22.0 Å². The van der Waals surface area contributed by atoms with Gasteiger partial charge in [0.05, 0.1) is 6.20 Å². The first-order valence-corrected chi connectivity index (χ1v) is 6.21. The van der Waals surface area contributed by atoms with Crippen molar-refractivity contribution in [2.75, 3.05) is 6.54 Å². The van der Waals surface area contributed by atoms with Crippen LogP contribution in [0.2, 0.25) is 0 Å². The van der Waals surface area contributed by atoms with Crippen LogP contribution in [0.1, 0.15) is 12.8 Å². The highest BCUT2D eigenvalue weighted by molar-refractivity contribution is 7.89. The van der Waals surface area contributed by atoms with Crippen molar-refractivity contribution in [1.29, 1.82) is 0 Å². The predicted molar refractivity (Wildman–Crippen MR) is 53.1 cm³/mol. The summed E-state index contributed by atoms with van der Waals surface area (Å²) in [5.74, 6) is -1.11. The third-order valence-electron chi connectivity index (χ3n) is 2.57. The van der Waals surface area contributed by atoms with E-state index in [2.05, 4.69) is 10.2 Å². The van der Waals surface area contributed by atoms with E-state index in [9.17, 15) is 13.2 Å². The Hall–Kier alpha value is -1.41. The quantitative estimate of drug-likeness (QED) is 0.757. The molecule has 1 aromatic rings. The fourth-order valence-corrected chi connectivity index (χ4v) is 3.35. The first kappa shape index (κ1) is 11.1. The van der Waals surface area contributed by atoms with Crippen LogP contribution in [0.3, 0.4) is 0 Å². The van der Waals surface area contributed by atoms with E-state index in [0.717, 1.165) is 4.31 Å². The molecule has 2 heterocycles. The number of carbonyl (C=O) groups is 1. The highest BCUT2D eigenvalue weighted by atomic mass is 32.2. The van der Waals surface area contributed by atoms with Crippen molar-refractivity contribution in [2.24, 2.45) is 0 Å². The largest absolute Gasteiger partial charge is 0.480 e. The van der Waals surface area contributed by atoms with Crippen LogP contribution >= 0.6 is 0 Å². The summed E-state index contributed by atoms with van der Waals surface area (Å²) < 4.78 is 25.0. The molecule has 1 fully saturated rings. The Morgan fingerprint density at radius 3 is 2.94 bits per heavy atom. The Morgan fingerprint density at radius 1 is 1.62 bits per heavy atom. The molecule has 1 saturated heterocycles. The molecule has 0 radical (unpaired) electrons. The van der Waals surface area contributed by atoms with Crippen LogP contribution in [0.25, 0.3) is 0 Å². The van der Waals surface area contributed by atoms with Crippen LogP contribution in [0.4, 0.5) is 0 Å². The number of nitrogens with zero attached hydrogens (tertiary/aromatic N) is 2. The average molecular weight is 245 g/mol. The van der Waals surface area contributed by atoms with Crippen molar-refractivity contribution >= 4 is 16.0 Å². The fourth-order valence-electron chi connectivity index (χ4n) is 1.79. The molecule has 0 amide bonds. The van der Waals surface area contributed by atoms with Crippen LogP contribution in [0.15, 0.2) is 17.3 Å². The summed E-state index contributed by atoms with van der Waals surface area (Å²) in [5.41, 5.74) is 0. The molecule has 8 heteroatoms. The number of aliphatic carboxylic acids is 1. The van der Waals surface area contributed by atoms with E-state index in [-0.39, 0.29) is 11.4 Å². The van der Waals surface area contributed by atoms with Gasteiger partial charge in [-0.05, 0) is 12.8 Å². The Labute approximate surface area is 92.1 Å². The second kappa shape index (κ2) is 3.87. The van der Waals surface area contributed by atoms with E-state index >= 15 is 0 Å². The molecule has 2 rings (SSSR count). The maximum Gasteiger partial charge on any atom is 0.322 e. The highest BCUT2D eigenvalue weighted by Crippen LogP contribution is 2.25. The van der Waals surface area contributed by atoms with E-state index in [1.165, 1.54) is 12.4 Å². The van der Waals surface area contributed by atoms with Gasteiger partial charge in [-0.15, -0.1) is 0 Å². The Kier molecular flexibility index (Phi) is 2.68. The number of rotatable bonds is 3. The minimum absolute atomic E-state index is 0.000602. The third kappa shape index (κ3) is 1.69. The average Bonchev–Trinajstić information content (AvgIpc) is 2.89. The lowest BCUT2D eigenvalue weighted by atomic mass is 10.2. The molecule has 2 N–H and O–H groups in total. The Balaban J connectivity index is 2.34. The van der Waals surface area contributed by atoms with Gasteiger partial charge < -0.3 is 5.11 Å². The van der Waals surface area contributed by atoms with Gasteiger partial charge in [0.15, 0.2) is 0 Å². The second-order valence-corrected chi connectivity index (χ2v) is 5.44. The summed E-state index contributed by atoms with van der Waals surface area (Å²) in [7, 11) is -3.73. The molecule has 1 aliphatic rings. The van der Waals surface area contributed by atoms with Gasteiger partial charge in [0.25, 0.3) is 0 Å². The lowest BCUT2D eigenvalue weighted by Gasteiger charge is -2.19. The summed E-state index contributed by atoms with van der Waals surface area (Å²) >= 11 is 0. The summed E-state index contributed by atoms with van der Waals surface area (Å²) in [6.45, 7) is 0.241. The molecule has 16 heavy (non-hydrogen) atoms. The monoisotopic (exact) mass is 245 g/mol. The zero-order valence-corrected chi connectivity index (χ0v) is 9.14. The van der Waals surface area contributed by atoms with Crippen molar-refractivity contribution < 1.29 is 18.3 Å². The molecule has 1 atom stereocenters. The number of aromatic nitrogens is 2. The third-order valence-corrected chi connectivity index (χ3v) is 4.44. The van der Waals surface area contributed by atoms with E-state index in [0.29, 0.717) is 12.8 Å². The lowest BCUT2D eigenvalue weighted by molar-refractivity contribution is -0.140. The molecule has 0 unspecified atom stereocenters. The summed E-state index contributed by atoms with van der Waals surface area (Å²) in [5, 5.41) is 14.9. The van der Waals surface area contributed by atoms with Crippen molar-refractivity contribution in [2.45, 2.75) is 23.8 Å². The van der Waals surface area contributed by atoms with Gasteiger partial charge in [-0.3, -0.25) is 9.89 Å². The topological polar surface area (TPSA) is 103 Å². The van der Waals surface area contributed by atoms with Crippen molar-refractivity contribution in [3.05, 3.63) is 12.4 Å². The molecular formula is C8H11N3O4S. The molecule has 0 spiro atoms. The molecule has 1 aliphatic heterocycles. The maximum atomic E-state index is 12.0. The minimum atomic E-state index is -3.73. The van der Waals surface area contributed by atoms with Gasteiger partial charge in [0.2, 0.25) is 10.0 Å². The van der Waals surface area contributed by atoms with Crippen LogP contribution in [-0.2, 0) is 14.8 Å². The molecular weight excluding hydrogens is 234 g/mol. The zero-order valence-electron chi connectivity index (χ0n) is 8.33. The standard InChI is InChI=1S/C8H11N3O4S/c12-8(13)7-2-1-3-11(7)16(14,15)6-4-9-10-5-6/h4-5,7H,1-3H2,(H,9,10)(H,12,13)/t7-/m0/s1. The number of carboxylic acids is 1. The number of hydrogen-bond acceptors (Lipinski definition) is 4. The maximum absolute atomic E-state index is 12.0. The van der Waals surface area contributed by atoms with Crippen LogP contribution in [0, 0.1) is 0 Å². The van der Waals surface area contributed by atoms with Gasteiger partial charge in [-0.25, -0.2) is 8.42 Å². The zero-order chi connectivity index (χ0) is 11.8. The van der Waals surface area contributed by atoms with Crippen molar-refractivity contribution in [1.82, 2.24) is 14.5 Å². The molecule has 0 aliphatic carbocycles. The van der Waals surface area contributed by atoms with E-state index in [1.54, 1.807) is 0 Å². The minimum Gasteiger partial charge on any atom is -0.480 e. The van der Waals surface area contributed by atoms with E-state index in [4.69, 9.17) is 5.11 Å². The first-order chi connectivity index (χ1) is 7.53. The van der Waals surface area contributed by atoms with Gasteiger partial charge in [0.1, 0.15) is 10.9 Å². The number of carboxylic acid groups (broad SMARTS) is 1. The fraction of sp³-hybridized carbons (Fsp3) is 0.500. The molecule has 0 saturated carbocycles. The summed E-state index contributed by atoms with van der Waals surface area (Å²) in [4.78, 5) is 10.9. The normalized spacial score (nSPS) is 22.4.